The molecular weight excluding hydrogens is 336 g/mol. The summed E-state index contributed by atoms with van der Waals surface area (Å²) in [6.45, 7) is 4.02. The SMILES string of the molecule is CCOC(=O)CCc1ccc(Nc2nc3ccccc3s2)c(O)c1C. The van der Waals surface area contributed by atoms with Crippen molar-refractivity contribution >= 4 is 38.3 Å². The maximum atomic E-state index is 11.5. The number of nitrogens with zero attached hydrogens (tertiary/aromatic N) is 1. The van der Waals surface area contributed by atoms with Gasteiger partial charge in [0, 0.05) is 6.42 Å². The third-order valence-corrected chi connectivity index (χ3v) is 4.93. The summed E-state index contributed by atoms with van der Waals surface area (Å²) < 4.78 is 6.03. The molecule has 1 aromatic heterocycles. The van der Waals surface area contributed by atoms with Gasteiger partial charge in [-0.3, -0.25) is 4.79 Å². The van der Waals surface area contributed by atoms with E-state index in [1.165, 1.54) is 11.3 Å². The smallest absolute Gasteiger partial charge is 0.306 e. The Morgan fingerprint density at radius 3 is 2.84 bits per heavy atom. The Hall–Kier alpha value is -2.60. The van der Waals surface area contributed by atoms with Gasteiger partial charge in [0.1, 0.15) is 5.75 Å². The van der Waals surface area contributed by atoms with E-state index in [4.69, 9.17) is 4.74 Å². The van der Waals surface area contributed by atoms with Crippen molar-refractivity contribution in [1.82, 2.24) is 4.98 Å². The summed E-state index contributed by atoms with van der Waals surface area (Å²) in [7, 11) is 0. The average molecular weight is 356 g/mol. The lowest BCUT2D eigenvalue weighted by Crippen LogP contribution is -2.06. The first-order valence-corrected chi connectivity index (χ1v) is 8.99. The molecule has 0 fully saturated rings. The number of anilines is 2. The lowest BCUT2D eigenvalue weighted by atomic mass is 10.0. The van der Waals surface area contributed by atoms with Crippen LogP contribution in [0.1, 0.15) is 24.5 Å². The fourth-order valence-electron chi connectivity index (χ4n) is 2.62. The van der Waals surface area contributed by atoms with E-state index in [9.17, 15) is 9.90 Å². The lowest BCUT2D eigenvalue weighted by Gasteiger charge is -2.12. The van der Waals surface area contributed by atoms with Gasteiger partial charge in [-0.15, -0.1) is 0 Å². The number of aryl methyl sites for hydroxylation is 1. The molecule has 2 aromatic carbocycles. The summed E-state index contributed by atoms with van der Waals surface area (Å²) in [5.41, 5.74) is 3.23. The molecule has 0 saturated carbocycles. The number of aromatic hydroxyl groups is 1. The van der Waals surface area contributed by atoms with Crippen molar-refractivity contribution in [2.24, 2.45) is 0 Å². The monoisotopic (exact) mass is 356 g/mol. The molecule has 3 aromatic rings. The van der Waals surface area contributed by atoms with Crippen LogP contribution < -0.4 is 5.32 Å². The maximum Gasteiger partial charge on any atom is 0.306 e. The molecule has 0 radical (unpaired) electrons. The van der Waals surface area contributed by atoms with Crippen molar-refractivity contribution in [1.29, 1.82) is 0 Å². The normalized spacial score (nSPS) is 10.8. The van der Waals surface area contributed by atoms with Crippen molar-refractivity contribution in [3.63, 3.8) is 0 Å². The number of carbonyl (C=O) groups excluding carboxylic acids is 1. The Bertz CT molecular complexity index is 872. The number of hydrogen-bond acceptors (Lipinski definition) is 6. The number of rotatable bonds is 6. The Morgan fingerprint density at radius 2 is 2.08 bits per heavy atom. The highest BCUT2D eigenvalue weighted by atomic mass is 32.1. The first-order valence-electron chi connectivity index (χ1n) is 8.18. The number of phenolic OH excluding ortho intramolecular Hbond substituents is 1. The predicted octanol–water partition coefficient (Wildman–Crippen LogP) is 4.55. The molecular formula is C19H20N2O3S. The number of thiazole rings is 1. The van der Waals surface area contributed by atoms with Crippen LogP contribution in [-0.4, -0.2) is 22.7 Å². The van der Waals surface area contributed by atoms with E-state index in [1.54, 1.807) is 6.92 Å². The number of ether oxygens (including phenoxy) is 1. The molecule has 0 aliphatic heterocycles. The number of hydrogen-bond donors (Lipinski definition) is 2. The highest BCUT2D eigenvalue weighted by Crippen LogP contribution is 2.35. The van der Waals surface area contributed by atoms with Crippen molar-refractivity contribution < 1.29 is 14.6 Å². The molecule has 0 aliphatic rings. The molecule has 0 unspecified atom stereocenters. The van der Waals surface area contributed by atoms with Crippen LogP contribution in [0.5, 0.6) is 5.75 Å². The van der Waals surface area contributed by atoms with Crippen LogP contribution in [0.2, 0.25) is 0 Å². The number of aromatic nitrogens is 1. The van der Waals surface area contributed by atoms with Crippen LogP contribution in [0, 0.1) is 6.92 Å². The molecule has 0 spiro atoms. The molecule has 1 heterocycles. The van der Waals surface area contributed by atoms with E-state index in [0.717, 1.165) is 26.5 Å². The fourth-order valence-corrected chi connectivity index (χ4v) is 3.50. The fraction of sp³-hybridized carbons (Fsp3) is 0.263. The van der Waals surface area contributed by atoms with Gasteiger partial charge in [-0.2, -0.15) is 0 Å². The number of esters is 1. The van der Waals surface area contributed by atoms with Gasteiger partial charge >= 0.3 is 5.97 Å². The quantitative estimate of drug-likeness (QED) is 0.501. The Balaban J connectivity index is 1.76. The molecule has 6 heteroatoms. The summed E-state index contributed by atoms with van der Waals surface area (Å²) in [5.74, 6) is -0.0429. The second-order valence-corrected chi connectivity index (χ2v) is 6.69. The van der Waals surface area contributed by atoms with Crippen LogP contribution in [0.15, 0.2) is 36.4 Å². The summed E-state index contributed by atoms with van der Waals surface area (Å²) in [6.07, 6.45) is 0.846. The van der Waals surface area contributed by atoms with Crippen LogP contribution in [-0.2, 0) is 16.0 Å². The molecule has 5 nitrogen and oxygen atoms in total. The van der Waals surface area contributed by atoms with Crippen molar-refractivity contribution in [2.75, 3.05) is 11.9 Å². The molecule has 0 bridgehead atoms. The van der Waals surface area contributed by atoms with Gasteiger partial charge in [0.2, 0.25) is 0 Å². The van der Waals surface area contributed by atoms with E-state index < -0.39 is 0 Å². The van der Waals surface area contributed by atoms with Gasteiger partial charge in [0.05, 0.1) is 22.5 Å². The van der Waals surface area contributed by atoms with Crippen LogP contribution >= 0.6 is 11.3 Å². The zero-order valence-corrected chi connectivity index (χ0v) is 15.0. The van der Waals surface area contributed by atoms with Gasteiger partial charge in [-0.25, -0.2) is 4.98 Å². The number of carbonyl (C=O) groups is 1. The number of benzene rings is 2. The number of phenols is 1. The minimum Gasteiger partial charge on any atom is -0.505 e. The molecule has 0 aliphatic carbocycles. The minimum atomic E-state index is -0.224. The summed E-state index contributed by atoms with van der Waals surface area (Å²) in [4.78, 5) is 16.0. The highest BCUT2D eigenvalue weighted by Gasteiger charge is 2.12. The standard InChI is InChI=1S/C19H20N2O3S/c1-3-24-17(22)11-9-13-8-10-15(18(23)12(13)2)21-19-20-14-6-4-5-7-16(14)25-19/h4-8,10,23H,3,9,11H2,1-2H3,(H,20,21). The third-order valence-electron chi connectivity index (χ3n) is 3.98. The first-order chi connectivity index (χ1) is 12.1. The molecule has 0 saturated heterocycles. The Labute approximate surface area is 150 Å². The van der Waals surface area contributed by atoms with Gasteiger partial charge in [0.25, 0.3) is 0 Å². The zero-order chi connectivity index (χ0) is 17.8. The van der Waals surface area contributed by atoms with E-state index in [-0.39, 0.29) is 11.7 Å². The Kier molecular flexibility index (Phi) is 5.19. The first kappa shape index (κ1) is 17.2. The van der Waals surface area contributed by atoms with Crippen molar-refractivity contribution in [3.8, 4) is 5.75 Å². The van der Waals surface area contributed by atoms with E-state index in [0.29, 0.717) is 25.1 Å². The predicted molar refractivity (Wildman–Crippen MR) is 101 cm³/mol. The van der Waals surface area contributed by atoms with E-state index in [2.05, 4.69) is 10.3 Å². The van der Waals surface area contributed by atoms with E-state index >= 15 is 0 Å². The molecule has 0 amide bonds. The van der Waals surface area contributed by atoms with Gasteiger partial charge < -0.3 is 15.2 Å². The summed E-state index contributed by atoms with van der Waals surface area (Å²) in [6, 6.07) is 11.6. The number of para-hydroxylation sites is 1. The van der Waals surface area contributed by atoms with Crippen molar-refractivity contribution in [2.45, 2.75) is 26.7 Å². The average Bonchev–Trinajstić information content (AvgIpc) is 3.01. The third kappa shape index (κ3) is 3.91. The molecule has 130 valence electrons. The second-order valence-electron chi connectivity index (χ2n) is 5.66. The number of fused-ring (bicyclic) bond motifs is 1. The summed E-state index contributed by atoms with van der Waals surface area (Å²) >= 11 is 1.54. The van der Waals surface area contributed by atoms with E-state index in [1.807, 2.05) is 43.3 Å². The summed E-state index contributed by atoms with van der Waals surface area (Å²) in [5, 5.41) is 14.4. The molecule has 0 atom stereocenters. The minimum absolute atomic E-state index is 0.181. The van der Waals surface area contributed by atoms with Gasteiger partial charge in [-0.05, 0) is 49.6 Å². The van der Waals surface area contributed by atoms with Crippen molar-refractivity contribution in [3.05, 3.63) is 47.5 Å². The Morgan fingerprint density at radius 1 is 1.28 bits per heavy atom. The topological polar surface area (TPSA) is 71.5 Å². The lowest BCUT2D eigenvalue weighted by molar-refractivity contribution is -0.143. The van der Waals surface area contributed by atoms with Gasteiger partial charge in [0.15, 0.2) is 5.13 Å². The maximum absolute atomic E-state index is 11.5. The highest BCUT2D eigenvalue weighted by molar-refractivity contribution is 7.22. The van der Waals surface area contributed by atoms with Crippen LogP contribution in [0.25, 0.3) is 10.2 Å². The zero-order valence-electron chi connectivity index (χ0n) is 14.2. The number of nitrogens with one attached hydrogen (secondary N) is 1. The largest absolute Gasteiger partial charge is 0.505 e. The molecule has 2 N–H and O–H groups in total. The van der Waals surface area contributed by atoms with Gasteiger partial charge in [-0.1, -0.05) is 29.5 Å². The molecule has 25 heavy (non-hydrogen) atoms. The van der Waals surface area contributed by atoms with Crippen LogP contribution in [0.3, 0.4) is 0 Å². The second kappa shape index (κ2) is 7.53. The van der Waals surface area contributed by atoms with Crippen LogP contribution in [0.4, 0.5) is 10.8 Å². The molecule has 3 rings (SSSR count).